The third-order valence-electron chi connectivity index (χ3n) is 3.41. The molecular weight excluding hydrogens is 290 g/mol. The number of benzene rings is 1. The van der Waals surface area contributed by atoms with E-state index in [4.69, 9.17) is 15.6 Å². The van der Waals surface area contributed by atoms with E-state index < -0.39 is 6.10 Å². The van der Waals surface area contributed by atoms with Crippen LogP contribution in [0.2, 0.25) is 0 Å². The molecule has 0 aliphatic heterocycles. The van der Waals surface area contributed by atoms with Gasteiger partial charge in [0.15, 0.2) is 0 Å². The van der Waals surface area contributed by atoms with E-state index in [1.54, 1.807) is 6.26 Å². The molecule has 1 unspecified atom stereocenters. The minimum atomic E-state index is -0.594. The van der Waals surface area contributed by atoms with Crippen LogP contribution < -0.4 is 0 Å². The second-order valence-corrected chi connectivity index (χ2v) is 5.61. The third-order valence-corrected chi connectivity index (χ3v) is 3.41. The highest BCUT2D eigenvalue weighted by atomic mass is 16.5. The zero-order chi connectivity index (χ0) is 16.5. The smallest absolute Gasteiger partial charge is 0.117 e. The Bertz CT molecular complexity index is 616. The van der Waals surface area contributed by atoms with Crippen molar-refractivity contribution in [2.24, 2.45) is 0 Å². The molecule has 0 aliphatic carbocycles. The maximum Gasteiger partial charge on any atom is 0.117 e. The number of aryl methyl sites for hydroxylation is 1. The highest BCUT2D eigenvalue weighted by Gasteiger charge is 2.14. The lowest BCUT2D eigenvalue weighted by Crippen LogP contribution is -2.34. The Kier molecular flexibility index (Phi) is 6.89. The first-order valence-corrected chi connectivity index (χ1v) is 7.67. The van der Waals surface area contributed by atoms with Gasteiger partial charge >= 0.3 is 0 Å². The largest absolute Gasteiger partial charge is 0.468 e. The van der Waals surface area contributed by atoms with Crippen molar-refractivity contribution < 1.29 is 14.3 Å². The number of terminal acetylenes is 1. The van der Waals surface area contributed by atoms with Gasteiger partial charge in [0.25, 0.3) is 0 Å². The van der Waals surface area contributed by atoms with Crippen LogP contribution in [0.1, 0.15) is 16.9 Å². The van der Waals surface area contributed by atoms with Crippen molar-refractivity contribution in [3.63, 3.8) is 0 Å². The molecule has 1 aromatic heterocycles. The van der Waals surface area contributed by atoms with Gasteiger partial charge in [0.05, 0.1) is 25.5 Å². The molecule has 0 radical (unpaired) electrons. The van der Waals surface area contributed by atoms with E-state index in [9.17, 15) is 5.11 Å². The standard InChI is InChI=1S/C19H23NO3/c1-3-9-22-15-18(21)13-20(14-19-8-5-10-23-19)12-17-7-4-6-16(2)11-17/h1,4-8,10-11,18,21H,9,12-15H2,2H3. The van der Waals surface area contributed by atoms with Gasteiger partial charge in [0, 0.05) is 13.1 Å². The predicted molar refractivity (Wildman–Crippen MR) is 89.7 cm³/mol. The monoisotopic (exact) mass is 313 g/mol. The molecule has 0 saturated heterocycles. The minimum Gasteiger partial charge on any atom is -0.468 e. The van der Waals surface area contributed by atoms with Crippen LogP contribution in [0.4, 0.5) is 0 Å². The molecule has 2 aromatic rings. The number of aliphatic hydroxyl groups is 1. The fourth-order valence-electron chi connectivity index (χ4n) is 2.48. The van der Waals surface area contributed by atoms with Gasteiger partial charge in [0.2, 0.25) is 0 Å². The Hall–Kier alpha value is -2.06. The van der Waals surface area contributed by atoms with E-state index >= 15 is 0 Å². The molecule has 122 valence electrons. The van der Waals surface area contributed by atoms with Crippen LogP contribution in [0.3, 0.4) is 0 Å². The number of rotatable bonds is 9. The number of ether oxygens (including phenoxy) is 1. The molecule has 0 amide bonds. The fourth-order valence-corrected chi connectivity index (χ4v) is 2.48. The Morgan fingerprint density at radius 1 is 1.30 bits per heavy atom. The van der Waals surface area contributed by atoms with Crippen LogP contribution in [0.5, 0.6) is 0 Å². The molecule has 0 bridgehead atoms. The van der Waals surface area contributed by atoms with Gasteiger partial charge in [-0.15, -0.1) is 6.42 Å². The van der Waals surface area contributed by atoms with Crippen LogP contribution in [-0.2, 0) is 17.8 Å². The first-order valence-electron chi connectivity index (χ1n) is 7.67. The Labute approximate surface area is 137 Å². The van der Waals surface area contributed by atoms with Crippen LogP contribution in [0, 0.1) is 19.3 Å². The van der Waals surface area contributed by atoms with E-state index in [1.807, 2.05) is 18.2 Å². The van der Waals surface area contributed by atoms with Crippen molar-refractivity contribution in [1.82, 2.24) is 4.90 Å². The van der Waals surface area contributed by atoms with E-state index in [1.165, 1.54) is 11.1 Å². The average Bonchev–Trinajstić information content (AvgIpc) is 3.00. The number of aliphatic hydroxyl groups excluding tert-OH is 1. The van der Waals surface area contributed by atoms with Gasteiger partial charge in [0.1, 0.15) is 12.4 Å². The molecule has 1 atom stereocenters. The van der Waals surface area contributed by atoms with Crippen molar-refractivity contribution in [2.75, 3.05) is 19.8 Å². The van der Waals surface area contributed by atoms with Crippen molar-refractivity contribution in [3.8, 4) is 12.3 Å². The van der Waals surface area contributed by atoms with Gasteiger partial charge in [-0.2, -0.15) is 0 Å². The van der Waals surface area contributed by atoms with Gasteiger partial charge in [-0.3, -0.25) is 4.90 Å². The van der Waals surface area contributed by atoms with Crippen LogP contribution in [0.25, 0.3) is 0 Å². The minimum absolute atomic E-state index is 0.215. The maximum absolute atomic E-state index is 10.1. The van der Waals surface area contributed by atoms with Gasteiger partial charge in [-0.1, -0.05) is 35.7 Å². The average molecular weight is 313 g/mol. The lowest BCUT2D eigenvalue weighted by molar-refractivity contribution is 0.0230. The van der Waals surface area contributed by atoms with Crippen molar-refractivity contribution in [3.05, 3.63) is 59.5 Å². The zero-order valence-electron chi connectivity index (χ0n) is 13.4. The SMILES string of the molecule is C#CCOCC(O)CN(Cc1cccc(C)c1)Cc1ccco1. The van der Waals surface area contributed by atoms with Crippen molar-refractivity contribution in [1.29, 1.82) is 0 Å². The first-order chi connectivity index (χ1) is 11.2. The van der Waals surface area contributed by atoms with E-state index in [2.05, 4.69) is 35.9 Å². The summed E-state index contributed by atoms with van der Waals surface area (Å²) in [5.74, 6) is 3.27. The molecule has 0 fully saturated rings. The molecule has 2 rings (SSSR count). The van der Waals surface area contributed by atoms with Gasteiger partial charge in [-0.25, -0.2) is 0 Å². The summed E-state index contributed by atoms with van der Waals surface area (Å²) < 4.78 is 10.6. The molecule has 1 heterocycles. The summed E-state index contributed by atoms with van der Waals surface area (Å²) >= 11 is 0. The molecule has 23 heavy (non-hydrogen) atoms. The molecule has 1 aromatic carbocycles. The van der Waals surface area contributed by atoms with Gasteiger partial charge in [-0.05, 0) is 24.6 Å². The maximum atomic E-state index is 10.1. The number of furan rings is 1. The second-order valence-electron chi connectivity index (χ2n) is 5.61. The van der Waals surface area contributed by atoms with E-state index in [0.29, 0.717) is 13.1 Å². The number of hydrogen-bond donors (Lipinski definition) is 1. The van der Waals surface area contributed by atoms with Crippen LogP contribution in [-0.4, -0.2) is 35.9 Å². The van der Waals surface area contributed by atoms with E-state index in [0.717, 1.165) is 12.3 Å². The van der Waals surface area contributed by atoms with Crippen molar-refractivity contribution in [2.45, 2.75) is 26.1 Å². The highest BCUT2D eigenvalue weighted by molar-refractivity contribution is 5.22. The quantitative estimate of drug-likeness (QED) is 0.571. The molecule has 0 saturated carbocycles. The summed E-state index contributed by atoms with van der Waals surface area (Å²) in [5.41, 5.74) is 2.42. The van der Waals surface area contributed by atoms with Gasteiger partial charge < -0.3 is 14.3 Å². The molecular formula is C19H23NO3. The molecule has 4 heteroatoms. The summed E-state index contributed by atoms with van der Waals surface area (Å²) in [6.45, 7) is 4.36. The number of nitrogens with zero attached hydrogens (tertiary/aromatic N) is 1. The van der Waals surface area contributed by atoms with Crippen molar-refractivity contribution >= 4 is 0 Å². The third kappa shape index (κ3) is 6.29. The fraction of sp³-hybridized carbons (Fsp3) is 0.368. The first kappa shape index (κ1) is 17.3. The predicted octanol–water partition coefficient (Wildman–Crippen LogP) is 2.60. The molecule has 0 spiro atoms. The Morgan fingerprint density at radius 3 is 2.87 bits per heavy atom. The lowest BCUT2D eigenvalue weighted by Gasteiger charge is -2.24. The molecule has 0 aliphatic rings. The summed E-state index contributed by atoms with van der Waals surface area (Å²) in [6, 6.07) is 12.2. The topological polar surface area (TPSA) is 45.8 Å². The summed E-state index contributed by atoms with van der Waals surface area (Å²) in [4.78, 5) is 2.14. The van der Waals surface area contributed by atoms with Crippen LogP contribution in [0.15, 0.2) is 47.1 Å². The lowest BCUT2D eigenvalue weighted by atomic mass is 10.1. The van der Waals surface area contributed by atoms with Crippen LogP contribution >= 0.6 is 0 Å². The summed E-state index contributed by atoms with van der Waals surface area (Å²) in [5, 5.41) is 10.1. The normalized spacial score (nSPS) is 12.3. The second kappa shape index (κ2) is 9.16. The van der Waals surface area contributed by atoms with E-state index in [-0.39, 0.29) is 13.2 Å². The summed E-state index contributed by atoms with van der Waals surface area (Å²) in [7, 11) is 0. The molecule has 4 nitrogen and oxygen atoms in total. The Balaban J connectivity index is 1.98. The molecule has 1 N–H and O–H groups in total. The number of hydrogen-bond acceptors (Lipinski definition) is 4. The Morgan fingerprint density at radius 2 is 2.17 bits per heavy atom. The summed E-state index contributed by atoms with van der Waals surface area (Å²) in [6.07, 6.45) is 6.21. The zero-order valence-corrected chi connectivity index (χ0v) is 13.4. The highest BCUT2D eigenvalue weighted by Crippen LogP contribution is 2.12.